The van der Waals surface area contributed by atoms with Gasteiger partial charge in [0.15, 0.2) is 0 Å². The molecule has 0 bridgehead atoms. The highest BCUT2D eigenvalue weighted by molar-refractivity contribution is 5.77. The molecule has 0 spiro atoms. The molecule has 2 fully saturated rings. The number of likely N-dealkylation sites (tertiary alicyclic amines) is 1. The monoisotopic (exact) mass is 316 g/mol. The van der Waals surface area contributed by atoms with Crippen molar-refractivity contribution < 1.29 is 9.53 Å². The van der Waals surface area contributed by atoms with Crippen LogP contribution in [-0.4, -0.2) is 49.7 Å². The molecule has 0 radical (unpaired) electrons. The average Bonchev–Trinajstić information content (AvgIpc) is 2.61. The molecule has 1 unspecified atom stereocenters. The van der Waals surface area contributed by atoms with Crippen LogP contribution in [0.3, 0.4) is 0 Å². The summed E-state index contributed by atoms with van der Waals surface area (Å²) in [5.74, 6) is 0.144. The van der Waals surface area contributed by atoms with Crippen LogP contribution in [0.4, 0.5) is 0 Å². The first kappa shape index (κ1) is 16.5. The molecule has 0 aliphatic carbocycles. The molecule has 1 N–H and O–H groups in total. The third kappa shape index (κ3) is 4.12. The fraction of sp³-hybridized carbons (Fsp3) is 0.632. The van der Waals surface area contributed by atoms with Crippen molar-refractivity contribution in [2.45, 2.75) is 44.1 Å². The smallest absolute Gasteiger partial charge is 0.248 e. The Balaban J connectivity index is 1.56. The standard InChI is InChI=1S/C19H28N2O2/c1-19(16-6-3-2-4-7-16)10-5-13-21(15-19)18(22)14-23-17-8-11-20-12-9-17/h2-4,6-7,17,20H,5,8-15H2,1H3. The number of hydrogen-bond acceptors (Lipinski definition) is 3. The van der Waals surface area contributed by atoms with Crippen LogP contribution in [0, 0.1) is 0 Å². The Kier molecular flexibility index (Phi) is 5.34. The predicted molar refractivity (Wildman–Crippen MR) is 91.5 cm³/mol. The number of ether oxygens (including phenoxy) is 1. The number of amides is 1. The minimum atomic E-state index is 0.0595. The number of rotatable bonds is 4. The van der Waals surface area contributed by atoms with Crippen LogP contribution < -0.4 is 5.32 Å². The summed E-state index contributed by atoms with van der Waals surface area (Å²) in [6, 6.07) is 10.6. The van der Waals surface area contributed by atoms with E-state index in [2.05, 4.69) is 36.5 Å². The van der Waals surface area contributed by atoms with Gasteiger partial charge in [-0.1, -0.05) is 37.3 Å². The lowest BCUT2D eigenvalue weighted by Crippen LogP contribution is -2.48. The van der Waals surface area contributed by atoms with E-state index in [1.807, 2.05) is 11.0 Å². The quantitative estimate of drug-likeness (QED) is 0.927. The number of benzene rings is 1. The van der Waals surface area contributed by atoms with E-state index in [4.69, 9.17) is 4.74 Å². The summed E-state index contributed by atoms with van der Waals surface area (Å²) in [6.07, 6.45) is 4.45. The Morgan fingerprint density at radius 2 is 2.04 bits per heavy atom. The van der Waals surface area contributed by atoms with Crippen molar-refractivity contribution >= 4 is 5.91 Å². The van der Waals surface area contributed by atoms with Crippen molar-refractivity contribution in [3.05, 3.63) is 35.9 Å². The number of carbonyl (C=O) groups is 1. The highest BCUT2D eigenvalue weighted by Crippen LogP contribution is 2.33. The molecule has 4 nitrogen and oxygen atoms in total. The van der Waals surface area contributed by atoms with Crippen LogP contribution in [0.1, 0.15) is 38.2 Å². The highest BCUT2D eigenvalue weighted by Gasteiger charge is 2.34. The van der Waals surface area contributed by atoms with Crippen molar-refractivity contribution in [2.24, 2.45) is 0 Å². The molecule has 2 heterocycles. The lowest BCUT2D eigenvalue weighted by Gasteiger charge is -2.41. The second-order valence-corrected chi connectivity index (χ2v) is 7.11. The Labute approximate surface area is 139 Å². The van der Waals surface area contributed by atoms with Gasteiger partial charge in [-0.25, -0.2) is 0 Å². The Morgan fingerprint density at radius 1 is 1.30 bits per heavy atom. The topological polar surface area (TPSA) is 41.6 Å². The molecular weight excluding hydrogens is 288 g/mol. The average molecular weight is 316 g/mol. The zero-order valence-electron chi connectivity index (χ0n) is 14.1. The molecule has 1 aromatic carbocycles. The second-order valence-electron chi connectivity index (χ2n) is 7.11. The Bertz CT molecular complexity index is 513. The summed E-state index contributed by atoms with van der Waals surface area (Å²) in [4.78, 5) is 14.5. The van der Waals surface area contributed by atoms with E-state index in [1.54, 1.807) is 0 Å². The molecule has 2 aliphatic heterocycles. The van der Waals surface area contributed by atoms with E-state index in [0.29, 0.717) is 0 Å². The number of hydrogen-bond donors (Lipinski definition) is 1. The van der Waals surface area contributed by atoms with Gasteiger partial charge in [-0.15, -0.1) is 0 Å². The molecule has 126 valence electrons. The molecule has 1 aromatic rings. The molecular formula is C19H28N2O2. The van der Waals surface area contributed by atoms with E-state index in [9.17, 15) is 4.79 Å². The molecule has 0 saturated carbocycles. The van der Waals surface area contributed by atoms with Crippen LogP contribution in [0.15, 0.2) is 30.3 Å². The van der Waals surface area contributed by atoms with Gasteiger partial charge >= 0.3 is 0 Å². The Hall–Kier alpha value is -1.39. The van der Waals surface area contributed by atoms with Gasteiger partial charge in [0.25, 0.3) is 0 Å². The van der Waals surface area contributed by atoms with Crippen LogP contribution in [0.25, 0.3) is 0 Å². The molecule has 23 heavy (non-hydrogen) atoms. The van der Waals surface area contributed by atoms with Gasteiger partial charge in [0.2, 0.25) is 5.91 Å². The van der Waals surface area contributed by atoms with Crippen molar-refractivity contribution in [3.63, 3.8) is 0 Å². The van der Waals surface area contributed by atoms with Crippen LogP contribution in [0.5, 0.6) is 0 Å². The number of carbonyl (C=O) groups excluding carboxylic acids is 1. The normalized spacial score (nSPS) is 26.2. The SMILES string of the molecule is CC1(c2ccccc2)CCCN(C(=O)COC2CCNCC2)C1. The molecule has 0 aromatic heterocycles. The number of nitrogens with zero attached hydrogens (tertiary/aromatic N) is 1. The number of piperidine rings is 2. The molecule has 1 atom stereocenters. The minimum absolute atomic E-state index is 0.0595. The van der Waals surface area contributed by atoms with Gasteiger partial charge < -0.3 is 15.0 Å². The number of nitrogens with one attached hydrogen (secondary N) is 1. The van der Waals surface area contributed by atoms with Crippen molar-refractivity contribution in [1.29, 1.82) is 0 Å². The predicted octanol–water partition coefficient (Wildman–Crippen LogP) is 2.34. The maximum absolute atomic E-state index is 12.5. The van der Waals surface area contributed by atoms with E-state index in [-0.39, 0.29) is 24.0 Å². The third-order valence-electron chi connectivity index (χ3n) is 5.25. The lowest BCUT2D eigenvalue weighted by atomic mass is 9.76. The fourth-order valence-electron chi connectivity index (χ4n) is 3.77. The maximum Gasteiger partial charge on any atom is 0.248 e. The lowest BCUT2D eigenvalue weighted by molar-refractivity contribution is -0.140. The van der Waals surface area contributed by atoms with Gasteiger partial charge in [0.05, 0.1) is 6.10 Å². The van der Waals surface area contributed by atoms with Gasteiger partial charge in [0, 0.05) is 18.5 Å². The van der Waals surface area contributed by atoms with E-state index >= 15 is 0 Å². The molecule has 2 saturated heterocycles. The fourth-order valence-corrected chi connectivity index (χ4v) is 3.77. The Morgan fingerprint density at radius 3 is 2.78 bits per heavy atom. The van der Waals surface area contributed by atoms with Crippen LogP contribution >= 0.6 is 0 Å². The molecule has 4 heteroatoms. The highest BCUT2D eigenvalue weighted by atomic mass is 16.5. The summed E-state index contributed by atoms with van der Waals surface area (Å²) in [5.41, 5.74) is 1.39. The van der Waals surface area contributed by atoms with Crippen LogP contribution in [0.2, 0.25) is 0 Å². The summed E-state index contributed by atoms with van der Waals surface area (Å²) >= 11 is 0. The first-order valence-corrected chi connectivity index (χ1v) is 8.83. The first-order valence-electron chi connectivity index (χ1n) is 8.83. The summed E-state index contributed by atoms with van der Waals surface area (Å²) in [5, 5.41) is 3.32. The second kappa shape index (κ2) is 7.45. The van der Waals surface area contributed by atoms with Crippen molar-refractivity contribution in [3.8, 4) is 0 Å². The van der Waals surface area contributed by atoms with Gasteiger partial charge in [-0.05, 0) is 44.3 Å². The van der Waals surface area contributed by atoms with E-state index in [0.717, 1.165) is 51.9 Å². The van der Waals surface area contributed by atoms with Crippen LogP contribution in [-0.2, 0) is 14.9 Å². The zero-order chi connectivity index (χ0) is 16.1. The third-order valence-corrected chi connectivity index (χ3v) is 5.25. The largest absolute Gasteiger partial charge is 0.368 e. The van der Waals surface area contributed by atoms with E-state index < -0.39 is 0 Å². The minimum Gasteiger partial charge on any atom is -0.368 e. The van der Waals surface area contributed by atoms with Gasteiger partial charge in [0.1, 0.15) is 6.61 Å². The van der Waals surface area contributed by atoms with Gasteiger partial charge in [-0.3, -0.25) is 4.79 Å². The molecule has 3 rings (SSSR count). The zero-order valence-corrected chi connectivity index (χ0v) is 14.1. The summed E-state index contributed by atoms with van der Waals surface area (Å²) < 4.78 is 5.84. The van der Waals surface area contributed by atoms with Crippen molar-refractivity contribution in [1.82, 2.24) is 10.2 Å². The first-order chi connectivity index (χ1) is 11.2. The summed E-state index contributed by atoms with van der Waals surface area (Å²) in [7, 11) is 0. The summed E-state index contributed by atoms with van der Waals surface area (Å²) in [6.45, 7) is 6.15. The molecule has 2 aliphatic rings. The maximum atomic E-state index is 12.5. The van der Waals surface area contributed by atoms with Crippen molar-refractivity contribution in [2.75, 3.05) is 32.8 Å². The molecule has 1 amide bonds. The van der Waals surface area contributed by atoms with E-state index in [1.165, 1.54) is 5.56 Å². The van der Waals surface area contributed by atoms with Gasteiger partial charge in [-0.2, -0.15) is 0 Å².